The molecule has 0 radical (unpaired) electrons. The lowest BCUT2D eigenvalue weighted by Crippen LogP contribution is -2.31. The molecule has 0 saturated carbocycles. The van der Waals surface area contributed by atoms with E-state index in [1.54, 1.807) is 18.3 Å². The Balaban J connectivity index is 1.65. The number of ether oxygens (including phenoxy) is 1. The highest BCUT2D eigenvalue weighted by molar-refractivity contribution is 5.94. The van der Waals surface area contributed by atoms with Gasteiger partial charge in [-0.15, -0.1) is 0 Å². The standard InChI is InChI=1S/C19H22N4O3/c1-3-26-18-16(5-4-10-20-18)23-19(25)21-12(2)13-6-8-15-14(11-13)7-9-17(24)22-15/h4-6,8,10-12H,3,7,9H2,1-2H3,(H,22,24)(H2,21,23,25)/t12-/m1/s1. The van der Waals surface area contributed by atoms with E-state index in [1.807, 2.05) is 32.0 Å². The molecule has 3 rings (SSSR count). The van der Waals surface area contributed by atoms with E-state index in [1.165, 1.54) is 0 Å². The van der Waals surface area contributed by atoms with Gasteiger partial charge in [0, 0.05) is 18.3 Å². The van der Waals surface area contributed by atoms with Gasteiger partial charge in [-0.3, -0.25) is 4.79 Å². The van der Waals surface area contributed by atoms with Gasteiger partial charge in [-0.25, -0.2) is 9.78 Å². The number of nitrogens with zero attached hydrogens (tertiary/aromatic N) is 1. The van der Waals surface area contributed by atoms with Gasteiger partial charge in [0.1, 0.15) is 5.69 Å². The van der Waals surface area contributed by atoms with E-state index < -0.39 is 0 Å². The first-order valence-corrected chi connectivity index (χ1v) is 8.65. The Morgan fingerprint density at radius 1 is 1.35 bits per heavy atom. The molecule has 1 aromatic carbocycles. The minimum Gasteiger partial charge on any atom is -0.476 e. The molecule has 3 amide bonds. The van der Waals surface area contributed by atoms with Crippen LogP contribution in [0.2, 0.25) is 0 Å². The molecule has 1 atom stereocenters. The summed E-state index contributed by atoms with van der Waals surface area (Å²) in [6.45, 7) is 4.24. The molecule has 1 aromatic heterocycles. The number of nitrogens with one attached hydrogen (secondary N) is 3. The first-order chi connectivity index (χ1) is 12.6. The molecule has 0 aliphatic carbocycles. The normalized spacial score (nSPS) is 14.0. The van der Waals surface area contributed by atoms with E-state index in [0.29, 0.717) is 31.0 Å². The Labute approximate surface area is 152 Å². The van der Waals surface area contributed by atoms with Gasteiger partial charge >= 0.3 is 6.03 Å². The van der Waals surface area contributed by atoms with Crippen molar-refractivity contribution in [1.82, 2.24) is 10.3 Å². The highest BCUT2D eigenvalue weighted by Crippen LogP contribution is 2.26. The van der Waals surface area contributed by atoms with Crippen molar-refractivity contribution in [2.24, 2.45) is 0 Å². The van der Waals surface area contributed by atoms with Crippen LogP contribution < -0.4 is 20.7 Å². The molecule has 136 valence electrons. The van der Waals surface area contributed by atoms with E-state index in [9.17, 15) is 9.59 Å². The summed E-state index contributed by atoms with van der Waals surface area (Å²) >= 11 is 0. The third kappa shape index (κ3) is 4.11. The van der Waals surface area contributed by atoms with E-state index in [0.717, 1.165) is 16.8 Å². The van der Waals surface area contributed by atoms with Crippen molar-refractivity contribution in [1.29, 1.82) is 0 Å². The maximum absolute atomic E-state index is 12.3. The van der Waals surface area contributed by atoms with Crippen LogP contribution in [-0.2, 0) is 11.2 Å². The highest BCUT2D eigenvalue weighted by Gasteiger charge is 2.17. The number of hydrogen-bond acceptors (Lipinski definition) is 4. The monoisotopic (exact) mass is 354 g/mol. The van der Waals surface area contributed by atoms with Crippen LogP contribution in [-0.4, -0.2) is 23.5 Å². The van der Waals surface area contributed by atoms with Crippen molar-refractivity contribution in [3.63, 3.8) is 0 Å². The zero-order chi connectivity index (χ0) is 18.5. The van der Waals surface area contributed by atoms with Gasteiger partial charge in [-0.05, 0) is 49.6 Å². The fraction of sp³-hybridized carbons (Fsp3) is 0.316. The third-order valence-electron chi connectivity index (χ3n) is 4.17. The number of amides is 3. The summed E-state index contributed by atoms with van der Waals surface area (Å²) in [6.07, 6.45) is 2.81. The Hall–Kier alpha value is -3.09. The average Bonchev–Trinajstić information content (AvgIpc) is 2.63. The number of anilines is 2. The van der Waals surface area contributed by atoms with Crippen molar-refractivity contribution >= 4 is 23.3 Å². The van der Waals surface area contributed by atoms with Gasteiger partial charge in [-0.2, -0.15) is 0 Å². The van der Waals surface area contributed by atoms with E-state index in [2.05, 4.69) is 20.9 Å². The molecule has 0 saturated heterocycles. The largest absolute Gasteiger partial charge is 0.476 e. The molecule has 0 fully saturated rings. The molecule has 2 aromatic rings. The van der Waals surface area contributed by atoms with Crippen LogP contribution in [0, 0.1) is 0 Å². The summed E-state index contributed by atoms with van der Waals surface area (Å²) < 4.78 is 5.41. The maximum Gasteiger partial charge on any atom is 0.319 e. The minimum absolute atomic E-state index is 0.0392. The summed E-state index contributed by atoms with van der Waals surface area (Å²) in [5.41, 5.74) is 3.43. The second kappa shape index (κ2) is 7.86. The number of pyridine rings is 1. The first kappa shape index (κ1) is 17.7. The molecular weight excluding hydrogens is 332 g/mol. The quantitative estimate of drug-likeness (QED) is 0.768. The van der Waals surface area contributed by atoms with Gasteiger partial charge in [0.05, 0.1) is 12.6 Å². The number of carbonyl (C=O) groups excluding carboxylic acids is 2. The predicted molar refractivity (Wildman–Crippen MR) is 99.4 cm³/mol. The number of carbonyl (C=O) groups is 2. The van der Waals surface area contributed by atoms with Crippen LogP contribution in [0.4, 0.5) is 16.2 Å². The number of rotatable bonds is 5. The summed E-state index contributed by atoms with van der Waals surface area (Å²) in [4.78, 5) is 27.9. The second-order valence-corrected chi connectivity index (χ2v) is 6.07. The smallest absolute Gasteiger partial charge is 0.319 e. The Kier molecular flexibility index (Phi) is 5.36. The van der Waals surface area contributed by atoms with E-state index >= 15 is 0 Å². The van der Waals surface area contributed by atoms with Crippen LogP contribution in [0.3, 0.4) is 0 Å². The highest BCUT2D eigenvalue weighted by atomic mass is 16.5. The molecule has 1 aliphatic heterocycles. The van der Waals surface area contributed by atoms with Crippen molar-refractivity contribution in [3.05, 3.63) is 47.7 Å². The third-order valence-corrected chi connectivity index (χ3v) is 4.17. The van der Waals surface area contributed by atoms with Crippen LogP contribution in [0.5, 0.6) is 5.88 Å². The van der Waals surface area contributed by atoms with Gasteiger partial charge in [0.2, 0.25) is 11.8 Å². The molecule has 3 N–H and O–H groups in total. The van der Waals surface area contributed by atoms with Gasteiger partial charge in [0.15, 0.2) is 0 Å². The van der Waals surface area contributed by atoms with Crippen LogP contribution in [0.1, 0.15) is 37.4 Å². The maximum atomic E-state index is 12.3. The molecule has 1 aliphatic rings. The minimum atomic E-state index is -0.336. The number of aryl methyl sites for hydroxylation is 1. The van der Waals surface area contributed by atoms with Crippen molar-refractivity contribution < 1.29 is 14.3 Å². The average molecular weight is 354 g/mol. The molecule has 0 spiro atoms. The number of aromatic nitrogens is 1. The lowest BCUT2D eigenvalue weighted by molar-refractivity contribution is -0.116. The summed E-state index contributed by atoms with van der Waals surface area (Å²) in [7, 11) is 0. The topological polar surface area (TPSA) is 92.3 Å². The van der Waals surface area contributed by atoms with E-state index in [4.69, 9.17) is 4.74 Å². The number of fused-ring (bicyclic) bond motifs is 1. The molecular formula is C19H22N4O3. The summed E-state index contributed by atoms with van der Waals surface area (Å²) in [5, 5.41) is 8.54. The van der Waals surface area contributed by atoms with Crippen molar-refractivity contribution in [2.75, 3.05) is 17.2 Å². The van der Waals surface area contributed by atoms with Crippen LogP contribution in [0.15, 0.2) is 36.5 Å². The second-order valence-electron chi connectivity index (χ2n) is 6.07. The lowest BCUT2D eigenvalue weighted by atomic mass is 9.98. The molecule has 0 bridgehead atoms. The number of urea groups is 1. The Morgan fingerprint density at radius 3 is 3.00 bits per heavy atom. The molecule has 0 unspecified atom stereocenters. The fourth-order valence-corrected chi connectivity index (χ4v) is 2.85. The fourth-order valence-electron chi connectivity index (χ4n) is 2.85. The predicted octanol–water partition coefficient (Wildman–Crippen LogP) is 3.25. The van der Waals surface area contributed by atoms with E-state index in [-0.39, 0.29) is 18.0 Å². The zero-order valence-electron chi connectivity index (χ0n) is 14.8. The number of hydrogen-bond donors (Lipinski definition) is 3. The van der Waals surface area contributed by atoms with Gasteiger partial charge < -0.3 is 20.7 Å². The summed E-state index contributed by atoms with van der Waals surface area (Å²) in [5.74, 6) is 0.430. The Morgan fingerprint density at radius 2 is 2.19 bits per heavy atom. The van der Waals surface area contributed by atoms with Crippen molar-refractivity contribution in [2.45, 2.75) is 32.7 Å². The lowest BCUT2D eigenvalue weighted by Gasteiger charge is -2.20. The molecule has 26 heavy (non-hydrogen) atoms. The van der Waals surface area contributed by atoms with Gasteiger partial charge in [-0.1, -0.05) is 12.1 Å². The zero-order valence-corrected chi connectivity index (χ0v) is 14.8. The van der Waals surface area contributed by atoms with Crippen LogP contribution >= 0.6 is 0 Å². The molecule has 7 heteroatoms. The van der Waals surface area contributed by atoms with Gasteiger partial charge in [0.25, 0.3) is 0 Å². The molecule has 7 nitrogen and oxygen atoms in total. The van der Waals surface area contributed by atoms with Crippen molar-refractivity contribution in [3.8, 4) is 5.88 Å². The first-order valence-electron chi connectivity index (χ1n) is 8.65. The van der Waals surface area contributed by atoms with Crippen LogP contribution in [0.25, 0.3) is 0 Å². The Bertz CT molecular complexity index is 822. The molecule has 2 heterocycles. The number of benzene rings is 1. The SMILES string of the molecule is CCOc1ncccc1NC(=O)N[C@H](C)c1ccc2c(c1)CCC(=O)N2. The summed E-state index contributed by atoms with van der Waals surface area (Å²) in [6, 6.07) is 8.76.